The van der Waals surface area contributed by atoms with E-state index in [1.807, 2.05) is 36.6 Å². The van der Waals surface area contributed by atoms with E-state index in [1.54, 1.807) is 12.1 Å². The van der Waals surface area contributed by atoms with Gasteiger partial charge in [0, 0.05) is 17.3 Å². The minimum Gasteiger partial charge on any atom is -0.333 e. The first kappa shape index (κ1) is 17.4. The smallest absolute Gasteiger partial charge is 0.270 e. The number of amides is 1. The van der Waals surface area contributed by atoms with Crippen molar-refractivity contribution in [3.8, 4) is 22.2 Å². The van der Waals surface area contributed by atoms with Crippen molar-refractivity contribution in [2.75, 3.05) is 5.32 Å². The first-order valence-corrected chi connectivity index (χ1v) is 9.27. The SMILES string of the molecule is Cc1ccc(-c2noc(-c3sccc3NC(=O)c3ccnc(Cl)c3)n2)cc1. The first-order valence-electron chi connectivity index (χ1n) is 8.01. The second-order valence-corrected chi connectivity index (χ2v) is 7.08. The van der Waals surface area contributed by atoms with Gasteiger partial charge in [-0.2, -0.15) is 4.98 Å². The van der Waals surface area contributed by atoms with Crippen LogP contribution in [0.5, 0.6) is 0 Å². The van der Waals surface area contributed by atoms with Crippen molar-refractivity contribution in [2.45, 2.75) is 6.92 Å². The molecule has 0 saturated heterocycles. The zero-order valence-electron chi connectivity index (χ0n) is 14.1. The van der Waals surface area contributed by atoms with Crippen LogP contribution in [0.1, 0.15) is 15.9 Å². The summed E-state index contributed by atoms with van der Waals surface area (Å²) >= 11 is 7.25. The molecule has 8 heteroatoms. The molecular weight excluding hydrogens is 384 g/mol. The molecule has 0 aliphatic carbocycles. The van der Waals surface area contributed by atoms with Crippen LogP contribution in [0.2, 0.25) is 5.15 Å². The Bertz CT molecular complexity index is 1100. The molecule has 1 aromatic carbocycles. The number of nitrogens with zero attached hydrogens (tertiary/aromatic N) is 3. The van der Waals surface area contributed by atoms with E-state index in [2.05, 4.69) is 20.4 Å². The minimum atomic E-state index is -0.294. The lowest BCUT2D eigenvalue weighted by molar-refractivity contribution is 0.102. The number of aryl methyl sites for hydroxylation is 1. The molecular formula is C19H13ClN4O2S. The van der Waals surface area contributed by atoms with Crippen molar-refractivity contribution in [1.82, 2.24) is 15.1 Å². The van der Waals surface area contributed by atoms with E-state index in [-0.39, 0.29) is 11.1 Å². The molecule has 0 atom stereocenters. The number of anilines is 1. The van der Waals surface area contributed by atoms with Crippen molar-refractivity contribution in [3.63, 3.8) is 0 Å². The standard InChI is InChI=1S/C19H13ClN4O2S/c1-11-2-4-12(5-3-11)17-23-19(26-24-17)16-14(7-9-27-16)22-18(25)13-6-8-21-15(20)10-13/h2-10H,1H3,(H,22,25). The Kier molecular flexibility index (Phi) is 4.70. The molecule has 134 valence electrons. The van der Waals surface area contributed by atoms with Crippen molar-refractivity contribution in [3.05, 3.63) is 70.3 Å². The van der Waals surface area contributed by atoms with Gasteiger partial charge in [0.25, 0.3) is 11.8 Å². The molecule has 1 amide bonds. The maximum Gasteiger partial charge on any atom is 0.270 e. The summed E-state index contributed by atoms with van der Waals surface area (Å²) in [6.45, 7) is 2.02. The summed E-state index contributed by atoms with van der Waals surface area (Å²) in [5.74, 6) is 0.553. The largest absolute Gasteiger partial charge is 0.333 e. The Morgan fingerprint density at radius 2 is 2.00 bits per heavy atom. The van der Waals surface area contributed by atoms with Gasteiger partial charge in [-0.25, -0.2) is 4.98 Å². The molecule has 0 bridgehead atoms. The predicted octanol–water partition coefficient (Wildman–Crippen LogP) is 5.07. The molecule has 0 radical (unpaired) electrons. The van der Waals surface area contributed by atoms with Crippen LogP contribution in [0.25, 0.3) is 22.2 Å². The molecule has 4 rings (SSSR count). The Hall–Kier alpha value is -3.03. The predicted molar refractivity (Wildman–Crippen MR) is 105 cm³/mol. The second kappa shape index (κ2) is 7.30. The Balaban J connectivity index is 1.59. The normalized spacial score (nSPS) is 10.7. The van der Waals surface area contributed by atoms with Gasteiger partial charge < -0.3 is 9.84 Å². The van der Waals surface area contributed by atoms with E-state index in [0.717, 1.165) is 11.1 Å². The Morgan fingerprint density at radius 1 is 1.19 bits per heavy atom. The van der Waals surface area contributed by atoms with Crippen LogP contribution in [-0.2, 0) is 0 Å². The number of benzene rings is 1. The third kappa shape index (κ3) is 3.74. The number of hydrogen-bond acceptors (Lipinski definition) is 6. The lowest BCUT2D eigenvalue weighted by Gasteiger charge is -2.04. The van der Waals surface area contributed by atoms with Gasteiger partial charge in [-0.3, -0.25) is 4.79 Å². The number of pyridine rings is 1. The summed E-state index contributed by atoms with van der Waals surface area (Å²) < 4.78 is 5.41. The molecule has 0 spiro atoms. The quantitative estimate of drug-likeness (QED) is 0.487. The third-order valence-electron chi connectivity index (χ3n) is 3.83. The molecule has 3 aromatic heterocycles. The highest BCUT2D eigenvalue weighted by atomic mass is 35.5. The van der Waals surface area contributed by atoms with Gasteiger partial charge in [-0.05, 0) is 30.5 Å². The van der Waals surface area contributed by atoms with Gasteiger partial charge in [0.15, 0.2) is 0 Å². The van der Waals surface area contributed by atoms with E-state index >= 15 is 0 Å². The van der Waals surface area contributed by atoms with Gasteiger partial charge in [0.1, 0.15) is 10.0 Å². The molecule has 0 saturated carbocycles. The fourth-order valence-corrected chi connectivity index (χ4v) is 3.39. The summed E-state index contributed by atoms with van der Waals surface area (Å²) in [7, 11) is 0. The summed E-state index contributed by atoms with van der Waals surface area (Å²) in [6.07, 6.45) is 1.48. The number of hydrogen-bond donors (Lipinski definition) is 1. The molecule has 0 fully saturated rings. The van der Waals surface area contributed by atoms with E-state index in [0.29, 0.717) is 27.8 Å². The van der Waals surface area contributed by atoms with Crippen molar-refractivity contribution in [1.29, 1.82) is 0 Å². The van der Waals surface area contributed by atoms with Crippen molar-refractivity contribution < 1.29 is 9.32 Å². The molecule has 0 aliphatic heterocycles. The highest BCUT2D eigenvalue weighted by Gasteiger charge is 2.18. The molecule has 0 unspecified atom stereocenters. The summed E-state index contributed by atoms with van der Waals surface area (Å²) in [5, 5.41) is 9.00. The second-order valence-electron chi connectivity index (χ2n) is 5.77. The van der Waals surface area contributed by atoms with Crippen LogP contribution in [0, 0.1) is 6.92 Å². The number of carbonyl (C=O) groups is 1. The fraction of sp³-hybridized carbons (Fsp3) is 0.0526. The topological polar surface area (TPSA) is 80.9 Å². The molecule has 3 heterocycles. The van der Waals surface area contributed by atoms with Crippen LogP contribution >= 0.6 is 22.9 Å². The van der Waals surface area contributed by atoms with E-state index in [4.69, 9.17) is 16.1 Å². The van der Waals surface area contributed by atoms with Crippen molar-refractivity contribution in [2.24, 2.45) is 0 Å². The van der Waals surface area contributed by atoms with Crippen LogP contribution < -0.4 is 5.32 Å². The lowest BCUT2D eigenvalue weighted by Crippen LogP contribution is -2.12. The monoisotopic (exact) mass is 396 g/mol. The number of rotatable bonds is 4. The van der Waals surface area contributed by atoms with Gasteiger partial charge in [-0.1, -0.05) is 46.6 Å². The summed E-state index contributed by atoms with van der Waals surface area (Å²) in [5.41, 5.74) is 3.03. The van der Waals surface area contributed by atoms with E-state index < -0.39 is 0 Å². The number of carbonyl (C=O) groups excluding carboxylic acids is 1. The fourth-order valence-electron chi connectivity index (χ4n) is 2.45. The minimum absolute atomic E-state index is 0.257. The highest BCUT2D eigenvalue weighted by molar-refractivity contribution is 7.14. The van der Waals surface area contributed by atoms with Crippen LogP contribution in [0.15, 0.2) is 58.6 Å². The maximum atomic E-state index is 12.4. The number of thiophene rings is 1. The molecule has 27 heavy (non-hydrogen) atoms. The maximum absolute atomic E-state index is 12.4. The Labute approximate surface area is 163 Å². The lowest BCUT2D eigenvalue weighted by atomic mass is 10.1. The van der Waals surface area contributed by atoms with Crippen LogP contribution in [-0.4, -0.2) is 21.0 Å². The van der Waals surface area contributed by atoms with Crippen molar-refractivity contribution >= 4 is 34.5 Å². The van der Waals surface area contributed by atoms with Gasteiger partial charge in [0.2, 0.25) is 5.82 Å². The van der Waals surface area contributed by atoms with Gasteiger partial charge >= 0.3 is 0 Å². The average Bonchev–Trinajstić information content (AvgIpc) is 3.31. The van der Waals surface area contributed by atoms with Crippen LogP contribution in [0.4, 0.5) is 5.69 Å². The zero-order chi connectivity index (χ0) is 18.8. The average molecular weight is 397 g/mol. The van der Waals surface area contributed by atoms with E-state index in [1.165, 1.54) is 23.6 Å². The van der Waals surface area contributed by atoms with Crippen LogP contribution in [0.3, 0.4) is 0 Å². The Morgan fingerprint density at radius 3 is 2.78 bits per heavy atom. The number of halogens is 1. The van der Waals surface area contributed by atoms with Gasteiger partial charge in [0.05, 0.1) is 5.69 Å². The molecule has 0 aliphatic rings. The molecule has 4 aromatic rings. The third-order valence-corrected chi connectivity index (χ3v) is 4.94. The summed E-state index contributed by atoms with van der Waals surface area (Å²) in [6, 6.07) is 12.7. The highest BCUT2D eigenvalue weighted by Crippen LogP contribution is 2.34. The first-order chi connectivity index (χ1) is 13.1. The zero-order valence-corrected chi connectivity index (χ0v) is 15.7. The number of nitrogens with one attached hydrogen (secondary N) is 1. The molecule has 1 N–H and O–H groups in total. The molecule has 6 nitrogen and oxygen atoms in total. The number of aromatic nitrogens is 3. The van der Waals surface area contributed by atoms with E-state index in [9.17, 15) is 4.79 Å². The summed E-state index contributed by atoms with van der Waals surface area (Å²) in [4.78, 5) is 21.5. The van der Waals surface area contributed by atoms with Gasteiger partial charge in [-0.15, -0.1) is 11.3 Å².